The minimum atomic E-state index is -2.59. The largest absolute Gasteiger partial charge is 0.374 e. The Bertz CT molecular complexity index is 741. The first-order chi connectivity index (χ1) is 10.9. The van der Waals surface area contributed by atoms with E-state index in [0.717, 1.165) is 11.3 Å². The molecule has 23 heavy (non-hydrogen) atoms. The van der Waals surface area contributed by atoms with Gasteiger partial charge in [-0.2, -0.15) is 5.26 Å². The topological polar surface area (TPSA) is 69.0 Å². The molecule has 1 atom stereocenters. The van der Waals surface area contributed by atoms with Gasteiger partial charge in [0.1, 0.15) is 6.04 Å². The molecule has 0 saturated carbocycles. The maximum Gasteiger partial charge on any atom is 0.289 e. The molecule has 0 bridgehead atoms. The van der Waals surface area contributed by atoms with Gasteiger partial charge in [-0.3, -0.25) is 4.79 Å². The number of halogens is 2. The second-order valence-electron chi connectivity index (χ2n) is 5.07. The van der Waals surface area contributed by atoms with Crippen LogP contribution in [0.4, 0.5) is 14.5 Å². The lowest BCUT2D eigenvalue weighted by Gasteiger charge is -2.21. The third-order valence-electron chi connectivity index (χ3n) is 3.28. The third-order valence-corrected chi connectivity index (χ3v) is 4.31. The highest BCUT2D eigenvalue weighted by atomic mass is 32.1. The Morgan fingerprint density at radius 1 is 1.52 bits per heavy atom. The fraction of sp³-hybridized carbons (Fsp3) is 0.400. The van der Waals surface area contributed by atoms with Crippen LogP contribution in [-0.2, 0) is 4.79 Å². The molecule has 0 unspecified atom stereocenters. The minimum absolute atomic E-state index is 0.141. The Hall–Kier alpha value is -2.27. The molecule has 0 radical (unpaired) electrons. The first-order valence-corrected chi connectivity index (χ1v) is 7.81. The monoisotopic (exact) mass is 338 g/mol. The zero-order valence-electron chi connectivity index (χ0n) is 12.7. The second-order valence-corrected chi connectivity index (χ2v) is 6.13. The number of thiazole rings is 1. The highest BCUT2D eigenvalue weighted by Crippen LogP contribution is 2.30. The highest BCUT2D eigenvalue weighted by Gasteiger charge is 2.18. The van der Waals surface area contributed by atoms with Crippen LogP contribution < -0.4 is 5.32 Å². The van der Waals surface area contributed by atoms with Crippen LogP contribution >= 0.6 is 11.3 Å². The van der Waals surface area contributed by atoms with Crippen molar-refractivity contribution in [3.05, 3.63) is 23.2 Å². The van der Waals surface area contributed by atoms with Gasteiger partial charge >= 0.3 is 0 Å². The van der Waals surface area contributed by atoms with Crippen molar-refractivity contribution >= 4 is 33.1 Å². The van der Waals surface area contributed by atoms with Crippen LogP contribution in [0, 0.1) is 11.3 Å². The van der Waals surface area contributed by atoms with Crippen molar-refractivity contribution in [1.29, 1.82) is 5.26 Å². The summed E-state index contributed by atoms with van der Waals surface area (Å²) in [4.78, 5) is 17.5. The summed E-state index contributed by atoms with van der Waals surface area (Å²) in [7, 11) is 1.64. The summed E-state index contributed by atoms with van der Waals surface area (Å²) in [6.07, 6.45) is -2.31. The van der Waals surface area contributed by atoms with Gasteiger partial charge in [-0.1, -0.05) is 0 Å². The predicted octanol–water partition coefficient (Wildman–Crippen LogP) is 3.41. The first kappa shape index (κ1) is 17.1. The van der Waals surface area contributed by atoms with Crippen LogP contribution in [0.2, 0.25) is 0 Å². The van der Waals surface area contributed by atoms with Gasteiger partial charge in [0.25, 0.3) is 6.43 Å². The summed E-state index contributed by atoms with van der Waals surface area (Å²) >= 11 is 0.940. The van der Waals surface area contributed by atoms with Crippen molar-refractivity contribution in [3.8, 4) is 6.07 Å². The normalized spacial score (nSPS) is 12.2. The smallest absolute Gasteiger partial charge is 0.289 e. The molecule has 1 amide bonds. The molecule has 8 heteroatoms. The van der Waals surface area contributed by atoms with E-state index in [2.05, 4.69) is 10.3 Å². The first-order valence-electron chi connectivity index (χ1n) is 6.99. The summed E-state index contributed by atoms with van der Waals surface area (Å²) in [6, 6.07) is 6.57. The molecule has 5 nitrogen and oxygen atoms in total. The van der Waals surface area contributed by atoms with Gasteiger partial charge in [0.2, 0.25) is 5.91 Å². The summed E-state index contributed by atoms with van der Waals surface area (Å²) in [5.41, 5.74) is 1.18. The lowest BCUT2D eigenvalue weighted by Crippen LogP contribution is -2.39. The van der Waals surface area contributed by atoms with Gasteiger partial charge in [0.05, 0.1) is 22.7 Å². The minimum Gasteiger partial charge on any atom is -0.374 e. The summed E-state index contributed by atoms with van der Waals surface area (Å²) < 4.78 is 26.0. The van der Waals surface area contributed by atoms with Crippen LogP contribution in [0.3, 0.4) is 0 Å². The number of anilines is 1. The fourth-order valence-corrected chi connectivity index (χ4v) is 2.96. The van der Waals surface area contributed by atoms with E-state index < -0.39 is 12.5 Å². The van der Waals surface area contributed by atoms with E-state index in [-0.39, 0.29) is 17.3 Å². The molecule has 1 N–H and O–H groups in total. The molecule has 0 spiro atoms. The molecule has 2 rings (SSSR count). The highest BCUT2D eigenvalue weighted by molar-refractivity contribution is 7.18. The number of nitrogens with zero attached hydrogens (tertiary/aromatic N) is 3. The molecular formula is C15H16F2N4OS. The Balaban J connectivity index is 2.08. The number of fused-ring (bicyclic) bond motifs is 1. The van der Waals surface area contributed by atoms with E-state index in [9.17, 15) is 13.6 Å². The number of aromatic nitrogens is 1. The number of amides is 1. The Labute approximate surface area is 136 Å². The van der Waals surface area contributed by atoms with Crippen molar-refractivity contribution < 1.29 is 13.6 Å². The van der Waals surface area contributed by atoms with Gasteiger partial charge < -0.3 is 10.2 Å². The van der Waals surface area contributed by atoms with E-state index >= 15 is 0 Å². The lowest BCUT2D eigenvalue weighted by atomic mass is 10.2. The molecule has 2 aromatic rings. The van der Waals surface area contributed by atoms with E-state index in [0.29, 0.717) is 22.4 Å². The maximum atomic E-state index is 12.7. The number of hydrogen-bond acceptors (Lipinski definition) is 5. The van der Waals surface area contributed by atoms with Crippen LogP contribution in [-0.4, -0.2) is 35.4 Å². The van der Waals surface area contributed by atoms with Gasteiger partial charge in [-0.15, -0.1) is 11.3 Å². The number of rotatable bonds is 6. The van der Waals surface area contributed by atoms with Crippen molar-refractivity contribution in [2.24, 2.45) is 0 Å². The van der Waals surface area contributed by atoms with E-state index in [4.69, 9.17) is 5.26 Å². The number of benzene rings is 1. The molecule has 0 fully saturated rings. The third kappa shape index (κ3) is 4.13. The second kappa shape index (κ2) is 7.33. The van der Waals surface area contributed by atoms with Gasteiger partial charge in [0.15, 0.2) is 5.01 Å². The molecule has 0 aliphatic carbocycles. The lowest BCUT2D eigenvalue weighted by molar-refractivity contribution is -0.130. The predicted molar refractivity (Wildman–Crippen MR) is 85.5 cm³/mol. The number of hydrogen-bond donors (Lipinski definition) is 1. The van der Waals surface area contributed by atoms with E-state index in [1.54, 1.807) is 32.2 Å². The number of nitriles is 1. The fourth-order valence-electron chi connectivity index (χ4n) is 2.10. The van der Waals surface area contributed by atoms with Crippen LogP contribution in [0.25, 0.3) is 10.2 Å². The molecule has 0 aliphatic rings. The Kier molecular flexibility index (Phi) is 5.45. The number of nitrogens with one attached hydrogen (secondary N) is 1. The quantitative estimate of drug-likeness (QED) is 0.876. The molecule has 0 aliphatic heterocycles. The SMILES string of the molecule is C[C@@H](Nc1ccc2nc(C(F)F)sc2c1)C(=O)N(C)CCC#N. The van der Waals surface area contributed by atoms with Gasteiger partial charge in [-0.25, -0.2) is 13.8 Å². The molecule has 1 aromatic heterocycles. The molecule has 1 heterocycles. The zero-order chi connectivity index (χ0) is 17.0. The Morgan fingerprint density at radius 3 is 2.91 bits per heavy atom. The summed E-state index contributed by atoms with van der Waals surface area (Å²) in [5.74, 6) is -0.141. The van der Waals surface area contributed by atoms with E-state index in [1.165, 1.54) is 4.90 Å². The van der Waals surface area contributed by atoms with Crippen molar-refractivity contribution in [1.82, 2.24) is 9.88 Å². The molecule has 0 saturated heterocycles. The van der Waals surface area contributed by atoms with Crippen LogP contribution in [0.15, 0.2) is 18.2 Å². The summed E-state index contributed by atoms with van der Waals surface area (Å²) in [5, 5.41) is 11.4. The van der Waals surface area contributed by atoms with Crippen molar-refractivity contribution in [3.63, 3.8) is 0 Å². The molecule has 122 valence electrons. The standard InChI is InChI=1S/C15H16F2N4OS/c1-9(15(22)21(2)7-3-6-18)19-10-4-5-11-12(8-10)23-14(20-11)13(16)17/h4-5,8-9,13,19H,3,7H2,1-2H3/t9-/m1/s1. The molecular weight excluding hydrogens is 322 g/mol. The maximum absolute atomic E-state index is 12.7. The average molecular weight is 338 g/mol. The van der Waals surface area contributed by atoms with Gasteiger partial charge in [0, 0.05) is 19.3 Å². The van der Waals surface area contributed by atoms with Crippen LogP contribution in [0.1, 0.15) is 24.8 Å². The van der Waals surface area contributed by atoms with Crippen LogP contribution in [0.5, 0.6) is 0 Å². The van der Waals surface area contributed by atoms with E-state index in [1.807, 2.05) is 6.07 Å². The average Bonchev–Trinajstić information content (AvgIpc) is 2.95. The van der Waals surface area contributed by atoms with Crippen molar-refractivity contribution in [2.75, 3.05) is 18.9 Å². The number of likely N-dealkylation sites (N-methyl/N-ethyl adjacent to an activating group) is 1. The zero-order valence-corrected chi connectivity index (χ0v) is 13.5. The summed E-state index contributed by atoms with van der Waals surface area (Å²) in [6.45, 7) is 2.08. The number of carbonyl (C=O) groups is 1. The van der Waals surface area contributed by atoms with Crippen molar-refractivity contribution in [2.45, 2.75) is 25.8 Å². The Morgan fingerprint density at radius 2 is 2.26 bits per heavy atom. The van der Waals surface area contributed by atoms with Gasteiger partial charge in [-0.05, 0) is 25.1 Å². The number of carbonyl (C=O) groups excluding carboxylic acids is 1. The molecule has 1 aromatic carbocycles. The number of alkyl halides is 2.